The lowest BCUT2D eigenvalue weighted by atomic mass is 10.0. The number of benzene rings is 1. The summed E-state index contributed by atoms with van der Waals surface area (Å²) in [5, 5.41) is 9.83. The average molecular weight is 193 g/mol. The molecule has 2 nitrogen and oxygen atoms in total. The zero-order valence-electron chi connectivity index (χ0n) is 9.36. The van der Waals surface area contributed by atoms with Gasteiger partial charge in [0.05, 0.1) is 0 Å². The Bertz CT molecular complexity index is 294. The fraction of sp³-hybridized carbons (Fsp3) is 0.500. The van der Waals surface area contributed by atoms with Gasteiger partial charge in [-0.1, -0.05) is 38.1 Å². The normalized spacial score (nSPS) is 13.6. The van der Waals surface area contributed by atoms with E-state index in [1.54, 1.807) is 4.90 Å². The van der Waals surface area contributed by atoms with E-state index in [0.717, 1.165) is 5.56 Å². The second kappa shape index (κ2) is 4.58. The largest absolute Gasteiger partial charge is 0.374 e. The minimum Gasteiger partial charge on any atom is -0.374 e. The molecular formula is C12H19NO. The van der Waals surface area contributed by atoms with Crippen LogP contribution in [0.5, 0.6) is 0 Å². The summed E-state index contributed by atoms with van der Waals surface area (Å²) < 4.78 is 0. The first kappa shape index (κ1) is 11.2. The van der Waals surface area contributed by atoms with Crippen LogP contribution in [0.25, 0.3) is 0 Å². The number of aliphatic hydroxyl groups is 1. The number of aliphatic hydroxyl groups excluding tert-OH is 1. The van der Waals surface area contributed by atoms with Crippen LogP contribution in [-0.2, 0) is 0 Å². The predicted octanol–water partition coefficient (Wildman–Crippen LogP) is 2.36. The lowest BCUT2D eigenvalue weighted by Gasteiger charge is -2.19. The molecule has 0 aliphatic carbocycles. The summed E-state index contributed by atoms with van der Waals surface area (Å²) in [6.07, 6.45) is -0.506. The maximum Gasteiger partial charge on any atom is 0.133 e. The van der Waals surface area contributed by atoms with Crippen LogP contribution in [0, 0.1) is 0 Å². The van der Waals surface area contributed by atoms with Crippen molar-refractivity contribution in [3.05, 3.63) is 35.4 Å². The fourth-order valence-electron chi connectivity index (χ4n) is 1.38. The fourth-order valence-corrected chi connectivity index (χ4v) is 1.38. The van der Waals surface area contributed by atoms with Crippen molar-refractivity contribution in [1.82, 2.24) is 4.90 Å². The second-order valence-electron chi connectivity index (χ2n) is 4.16. The molecule has 0 amide bonds. The quantitative estimate of drug-likeness (QED) is 0.745. The highest BCUT2D eigenvalue weighted by Gasteiger charge is 2.10. The van der Waals surface area contributed by atoms with Crippen LogP contribution in [0.3, 0.4) is 0 Å². The summed E-state index contributed by atoms with van der Waals surface area (Å²) in [4.78, 5) is 1.79. The first-order valence-corrected chi connectivity index (χ1v) is 4.96. The molecule has 0 aromatic heterocycles. The van der Waals surface area contributed by atoms with Crippen molar-refractivity contribution >= 4 is 0 Å². The van der Waals surface area contributed by atoms with Crippen molar-refractivity contribution in [3.63, 3.8) is 0 Å². The van der Waals surface area contributed by atoms with Crippen LogP contribution >= 0.6 is 0 Å². The maximum atomic E-state index is 9.83. The van der Waals surface area contributed by atoms with E-state index in [2.05, 4.69) is 26.0 Å². The Labute approximate surface area is 86.2 Å². The van der Waals surface area contributed by atoms with Gasteiger partial charge in [-0.3, -0.25) is 4.90 Å². The minimum absolute atomic E-state index is 0.504. The second-order valence-corrected chi connectivity index (χ2v) is 4.16. The van der Waals surface area contributed by atoms with E-state index in [1.165, 1.54) is 5.56 Å². The van der Waals surface area contributed by atoms with E-state index in [9.17, 15) is 5.11 Å². The van der Waals surface area contributed by atoms with Gasteiger partial charge in [-0.15, -0.1) is 0 Å². The van der Waals surface area contributed by atoms with E-state index in [1.807, 2.05) is 26.2 Å². The first-order chi connectivity index (χ1) is 6.52. The minimum atomic E-state index is -0.506. The molecule has 0 aliphatic heterocycles. The van der Waals surface area contributed by atoms with Gasteiger partial charge in [0, 0.05) is 0 Å². The molecule has 14 heavy (non-hydrogen) atoms. The van der Waals surface area contributed by atoms with E-state index < -0.39 is 6.23 Å². The number of hydrogen-bond donors (Lipinski definition) is 1. The van der Waals surface area contributed by atoms with Crippen molar-refractivity contribution < 1.29 is 5.11 Å². The smallest absolute Gasteiger partial charge is 0.133 e. The Morgan fingerprint density at radius 2 is 1.71 bits per heavy atom. The first-order valence-electron chi connectivity index (χ1n) is 4.96. The van der Waals surface area contributed by atoms with Crippen LogP contribution in [-0.4, -0.2) is 24.1 Å². The highest BCUT2D eigenvalue weighted by atomic mass is 16.3. The standard InChI is InChI=1S/C12H19NO/c1-9(2)10-6-5-7-11(8-10)12(14)13(3)4/h5-9,12,14H,1-4H3. The topological polar surface area (TPSA) is 23.5 Å². The molecule has 2 heteroatoms. The van der Waals surface area contributed by atoms with Crippen LogP contribution in [0.1, 0.15) is 37.1 Å². The highest BCUT2D eigenvalue weighted by Crippen LogP contribution is 2.20. The van der Waals surface area contributed by atoms with Crippen LogP contribution < -0.4 is 0 Å². The van der Waals surface area contributed by atoms with Crippen molar-refractivity contribution in [1.29, 1.82) is 0 Å². The molecular weight excluding hydrogens is 174 g/mol. The molecule has 1 unspecified atom stereocenters. The summed E-state index contributed by atoms with van der Waals surface area (Å²) in [6, 6.07) is 8.11. The van der Waals surface area contributed by atoms with Crippen LogP contribution in [0.2, 0.25) is 0 Å². The van der Waals surface area contributed by atoms with Gasteiger partial charge in [0.1, 0.15) is 6.23 Å². The molecule has 0 spiro atoms. The van der Waals surface area contributed by atoms with Gasteiger partial charge >= 0.3 is 0 Å². The summed E-state index contributed by atoms with van der Waals surface area (Å²) in [5.74, 6) is 0.504. The van der Waals surface area contributed by atoms with Crippen LogP contribution in [0.4, 0.5) is 0 Å². The summed E-state index contributed by atoms with van der Waals surface area (Å²) in [6.45, 7) is 4.31. The van der Waals surface area contributed by atoms with Gasteiger partial charge in [-0.25, -0.2) is 0 Å². The average Bonchev–Trinajstić information content (AvgIpc) is 2.16. The van der Waals surface area contributed by atoms with E-state index in [-0.39, 0.29) is 0 Å². The molecule has 0 saturated carbocycles. The summed E-state index contributed by atoms with van der Waals surface area (Å²) >= 11 is 0. The molecule has 1 N–H and O–H groups in total. The molecule has 0 radical (unpaired) electrons. The van der Waals surface area contributed by atoms with Gasteiger partial charge in [0.25, 0.3) is 0 Å². The SMILES string of the molecule is CC(C)c1cccc(C(O)N(C)C)c1. The zero-order chi connectivity index (χ0) is 10.7. The Balaban J connectivity index is 2.93. The van der Waals surface area contributed by atoms with Gasteiger partial charge in [0.2, 0.25) is 0 Å². The number of nitrogens with zero attached hydrogens (tertiary/aromatic N) is 1. The van der Waals surface area contributed by atoms with E-state index >= 15 is 0 Å². The van der Waals surface area contributed by atoms with E-state index in [0.29, 0.717) is 5.92 Å². The van der Waals surface area contributed by atoms with Gasteiger partial charge in [-0.05, 0) is 31.1 Å². The third kappa shape index (κ3) is 2.56. The number of hydrogen-bond acceptors (Lipinski definition) is 2. The molecule has 78 valence electrons. The van der Waals surface area contributed by atoms with Crippen LogP contribution in [0.15, 0.2) is 24.3 Å². The maximum absolute atomic E-state index is 9.83. The van der Waals surface area contributed by atoms with Crippen molar-refractivity contribution in [3.8, 4) is 0 Å². The lowest BCUT2D eigenvalue weighted by molar-refractivity contribution is 0.0395. The van der Waals surface area contributed by atoms with Crippen molar-refractivity contribution in [2.24, 2.45) is 0 Å². The number of rotatable bonds is 3. The third-order valence-corrected chi connectivity index (χ3v) is 2.36. The predicted molar refractivity (Wildman–Crippen MR) is 59.2 cm³/mol. The molecule has 1 aromatic carbocycles. The Kier molecular flexibility index (Phi) is 3.67. The molecule has 0 fully saturated rings. The molecule has 1 aromatic rings. The Hall–Kier alpha value is -0.860. The zero-order valence-corrected chi connectivity index (χ0v) is 9.36. The third-order valence-electron chi connectivity index (χ3n) is 2.36. The molecule has 0 bridgehead atoms. The molecule has 1 atom stereocenters. The molecule has 0 aliphatic rings. The lowest BCUT2D eigenvalue weighted by Crippen LogP contribution is -2.19. The molecule has 0 heterocycles. The summed E-state index contributed by atoms with van der Waals surface area (Å²) in [5.41, 5.74) is 2.23. The van der Waals surface area contributed by atoms with Gasteiger partial charge < -0.3 is 5.11 Å². The van der Waals surface area contributed by atoms with Crippen molar-refractivity contribution in [2.75, 3.05) is 14.1 Å². The van der Waals surface area contributed by atoms with E-state index in [4.69, 9.17) is 0 Å². The Morgan fingerprint density at radius 1 is 1.14 bits per heavy atom. The molecule has 0 saturated heterocycles. The van der Waals surface area contributed by atoms with Crippen molar-refractivity contribution in [2.45, 2.75) is 26.0 Å². The molecule has 1 rings (SSSR count). The monoisotopic (exact) mass is 193 g/mol. The highest BCUT2D eigenvalue weighted by molar-refractivity contribution is 5.26. The van der Waals surface area contributed by atoms with Gasteiger partial charge in [0.15, 0.2) is 0 Å². The summed E-state index contributed by atoms with van der Waals surface area (Å²) in [7, 11) is 3.74. The van der Waals surface area contributed by atoms with Gasteiger partial charge in [-0.2, -0.15) is 0 Å². The Morgan fingerprint density at radius 3 is 2.21 bits per heavy atom.